The van der Waals surface area contributed by atoms with Crippen LogP contribution in [0.4, 0.5) is 0 Å². The lowest BCUT2D eigenvalue weighted by molar-refractivity contribution is 0.183. The molecule has 1 aromatic rings. The molecule has 1 aromatic carbocycles. The third kappa shape index (κ3) is 4.14. The molecule has 4 nitrogen and oxygen atoms in total. The fourth-order valence-electron chi connectivity index (χ4n) is 2.11. The fourth-order valence-corrected chi connectivity index (χ4v) is 3.19. The molecule has 0 aliphatic carbocycles. The lowest BCUT2D eigenvalue weighted by atomic mass is 10.2. The molecule has 0 bridgehead atoms. The van der Waals surface area contributed by atoms with E-state index in [0.29, 0.717) is 12.6 Å². The summed E-state index contributed by atoms with van der Waals surface area (Å²) in [6.45, 7) is 5.09. The van der Waals surface area contributed by atoms with Crippen molar-refractivity contribution < 1.29 is 4.74 Å². The lowest BCUT2D eigenvalue weighted by Gasteiger charge is -2.32. The highest BCUT2D eigenvalue weighted by Crippen LogP contribution is 2.16. The van der Waals surface area contributed by atoms with Crippen molar-refractivity contribution in [2.45, 2.75) is 13.0 Å². The van der Waals surface area contributed by atoms with Crippen molar-refractivity contribution in [3.8, 4) is 5.75 Å². The zero-order chi connectivity index (χ0) is 13.7. The van der Waals surface area contributed by atoms with Crippen molar-refractivity contribution in [3.05, 3.63) is 29.8 Å². The number of nitrogens with zero attached hydrogens (tertiary/aromatic N) is 1. The van der Waals surface area contributed by atoms with E-state index >= 15 is 0 Å². The highest BCUT2D eigenvalue weighted by Gasteiger charge is 2.17. The quantitative estimate of drug-likeness (QED) is 0.637. The number of amidine groups is 1. The summed E-state index contributed by atoms with van der Waals surface area (Å²) in [5.74, 6) is 3.36. The second-order valence-electron chi connectivity index (χ2n) is 4.75. The number of ether oxygens (including phenoxy) is 1. The summed E-state index contributed by atoms with van der Waals surface area (Å²) in [6.07, 6.45) is 0. The van der Waals surface area contributed by atoms with E-state index in [1.165, 1.54) is 11.5 Å². The van der Waals surface area contributed by atoms with Crippen LogP contribution in [-0.2, 0) is 0 Å². The summed E-state index contributed by atoms with van der Waals surface area (Å²) in [5.41, 5.74) is 6.14. The van der Waals surface area contributed by atoms with Gasteiger partial charge in [-0.1, -0.05) is 0 Å². The molecule has 19 heavy (non-hydrogen) atoms. The Morgan fingerprint density at radius 2 is 2.21 bits per heavy atom. The largest absolute Gasteiger partial charge is 0.492 e. The molecule has 104 valence electrons. The Hall–Kier alpha value is -1.20. The third-order valence-electron chi connectivity index (χ3n) is 3.32. The van der Waals surface area contributed by atoms with Crippen molar-refractivity contribution in [1.82, 2.24) is 4.90 Å². The molecule has 1 unspecified atom stereocenters. The molecule has 1 saturated heterocycles. The number of hydrogen-bond donors (Lipinski definition) is 2. The number of rotatable bonds is 5. The first-order valence-corrected chi connectivity index (χ1v) is 7.71. The average Bonchev–Trinajstić information content (AvgIpc) is 2.41. The highest BCUT2D eigenvalue weighted by atomic mass is 32.2. The van der Waals surface area contributed by atoms with Crippen molar-refractivity contribution in [1.29, 1.82) is 5.41 Å². The van der Waals surface area contributed by atoms with Crippen molar-refractivity contribution in [2.75, 3.05) is 31.2 Å². The summed E-state index contributed by atoms with van der Waals surface area (Å²) >= 11 is 2.03. The van der Waals surface area contributed by atoms with E-state index in [9.17, 15) is 0 Å². The molecule has 0 saturated carbocycles. The van der Waals surface area contributed by atoms with Gasteiger partial charge in [0.15, 0.2) is 0 Å². The van der Waals surface area contributed by atoms with Crippen LogP contribution < -0.4 is 10.5 Å². The number of nitrogens with two attached hydrogens (primary N) is 1. The first-order valence-electron chi connectivity index (χ1n) is 6.56. The van der Waals surface area contributed by atoms with Crippen LogP contribution in [0.25, 0.3) is 0 Å². The van der Waals surface area contributed by atoms with Gasteiger partial charge >= 0.3 is 0 Å². The summed E-state index contributed by atoms with van der Waals surface area (Å²) in [5, 5.41) is 7.33. The fraction of sp³-hybridized carbons (Fsp3) is 0.500. The van der Waals surface area contributed by atoms with Crippen LogP contribution in [0.15, 0.2) is 24.3 Å². The van der Waals surface area contributed by atoms with Crippen LogP contribution in [0.3, 0.4) is 0 Å². The summed E-state index contributed by atoms with van der Waals surface area (Å²) in [4.78, 5) is 2.47. The first-order chi connectivity index (χ1) is 9.16. The monoisotopic (exact) mass is 279 g/mol. The maximum atomic E-state index is 7.33. The molecule has 0 radical (unpaired) electrons. The van der Waals surface area contributed by atoms with Crippen molar-refractivity contribution in [3.63, 3.8) is 0 Å². The maximum Gasteiger partial charge on any atom is 0.122 e. The Morgan fingerprint density at radius 3 is 2.84 bits per heavy atom. The van der Waals surface area contributed by atoms with E-state index in [0.717, 1.165) is 24.4 Å². The second kappa shape index (κ2) is 6.82. The van der Waals surface area contributed by atoms with E-state index in [-0.39, 0.29) is 5.84 Å². The van der Waals surface area contributed by atoms with Crippen LogP contribution in [0, 0.1) is 5.41 Å². The first kappa shape index (κ1) is 14.2. The van der Waals surface area contributed by atoms with Gasteiger partial charge < -0.3 is 10.5 Å². The molecule has 1 atom stereocenters. The topological polar surface area (TPSA) is 62.3 Å². The molecule has 3 N–H and O–H groups in total. The van der Waals surface area contributed by atoms with Gasteiger partial charge in [0.1, 0.15) is 18.2 Å². The molecule has 1 heterocycles. The van der Waals surface area contributed by atoms with Crippen molar-refractivity contribution >= 4 is 17.6 Å². The van der Waals surface area contributed by atoms with Crippen LogP contribution in [0.1, 0.15) is 12.5 Å². The van der Waals surface area contributed by atoms with E-state index < -0.39 is 0 Å². The zero-order valence-corrected chi connectivity index (χ0v) is 12.1. The Bertz CT molecular complexity index is 421. The number of thioether (sulfide) groups is 1. The summed E-state index contributed by atoms with van der Waals surface area (Å²) in [6, 6.07) is 8.01. The molecule has 0 spiro atoms. The standard InChI is InChI=1S/C14H21N3OS/c1-11-10-19-9-7-17(11)6-8-18-13-4-2-12(3-5-13)14(15)16/h2-5,11H,6-10H2,1H3,(H3,15,16). The number of nitrogens with one attached hydrogen (secondary N) is 1. The van der Waals surface area contributed by atoms with Gasteiger partial charge in [0.25, 0.3) is 0 Å². The second-order valence-corrected chi connectivity index (χ2v) is 5.90. The predicted molar refractivity (Wildman–Crippen MR) is 81.3 cm³/mol. The number of nitrogen functional groups attached to an aromatic ring is 1. The van der Waals surface area contributed by atoms with E-state index in [2.05, 4.69) is 11.8 Å². The summed E-state index contributed by atoms with van der Waals surface area (Å²) < 4.78 is 5.73. The maximum absolute atomic E-state index is 7.33. The average molecular weight is 279 g/mol. The smallest absolute Gasteiger partial charge is 0.122 e. The predicted octanol–water partition coefficient (Wildman–Crippen LogP) is 1.79. The lowest BCUT2D eigenvalue weighted by Crippen LogP contribution is -2.42. The molecule has 1 aliphatic heterocycles. The minimum Gasteiger partial charge on any atom is -0.492 e. The molecule has 0 amide bonds. The van der Waals surface area contributed by atoms with Gasteiger partial charge in [-0.25, -0.2) is 0 Å². The minimum absolute atomic E-state index is 0.0891. The van der Waals surface area contributed by atoms with Crippen LogP contribution in [0.2, 0.25) is 0 Å². The molecular formula is C14H21N3OS. The van der Waals surface area contributed by atoms with Gasteiger partial charge in [0.05, 0.1) is 0 Å². The Labute approximate surface area is 118 Å². The molecular weight excluding hydrogens is 258 g/mol. The summed E-state index contributed by atoms with van der Waals surface area (Å²) in [7, 11) is 0. The van der Waals surface area contributed by atoms with E-state index in [1.54, 1.807) is 0 Å². The Morgan fingerprint density at radius 1 is 1.47 bits per heavy atom. The molecule has 0 aromatic heterocycles. The van der Waals surface area contributed by atoms with Gasteiger partial charge in [-0.05, 0) is 31.2 Å². The van der Waals surface area contributed by atoms with Gasteiger partial charge in [-0.2, -0.15) is 11.8 Å². The molecule has 5 heteroatoms. The molecule has 2 rings (SSSR count). The molecule has 1 aliphatic rings. The normalized spacial score (nSPS) is 20.2. The number of benzene rings is 1. The number of hydrogen-bond acceptors (Lipinski definition) is 4. The minimum atomic E-state index is 0.0891. The van der Waals surface area contributed by atoms with E-state index in [4.69, 9.17) is 15.9 Å². The van der Waals surface area contributed by atoms with Gasteiger partial charge in [-0.3, -0.25) is 10.3 Å². The Kier molecular flexibility index (Phi) is 5.10. The van der Waals surface area contributed by atoms with E-state index in [1.807, 2.05) is 36.0 Å². The van der Waals surface area contributed by atoms with Gasteiger partial charge in [0.2, 0.25) is 0 Å². The van der Waals surface area contributed by atoms with Crippen LogP contribution in [-0.4, -0.2) is 48.0 Å². The van der Waals surface area contributed by atoms with Crippen molar-refractivity contribution in [2.24, 2.45) is 5.73 Å². The van der Waals surface area contributed by atoms with Gasteiger partial charge in [-0.15, -0.1) is 0 Å². The third-order valence-corrected chi connectivity index (χ3v) is 4.51. The Balaban J connectivity index is 1.77. The van der Waals surface area contributed by atoms with Gasteiger partial charge in [0, 0.05) is 36.2 Å². The van der Waals surface area contributed by atoms with Crippen LogP contribution >= 0.6 is 11.8 Å². The zero-order valence-electron chi connectivity index (χ0n) is 11.3. The highest BCUT2D eigenvalue weighted by molar-refractivity contribution is 7.99. The molecule has 1 fully saturated rings. The SMILES string of the molecule is CC1CSCCN1CCOc1ccc(C(=N)N)cc1. The van der Waals surface area contributed by atoms with Crippen LogP contribution in [0.5, 0.6) is 5.75 Å².